The molecular weight excluding hydrogens is 360 g/mol. The summed E-state index contributed by atoms with van der Waals surface area (Å²) in [6.45, 7) is 3.41. The van der Waals surface area contributed by atoms with Crippen LogP contribution in [-0.4, -0.2) is 25.2 Å². The number of ether oxygens (including phenoxy) is 1. The molecular formula is C22H28O4S. The molecule has 0 aliphatic heterocycles. The predicted octanol–water partition coefficient (Wildman–Crippen LogP) is 4.97. The Bertz CT molecular complexity index is 809. The minimum atomic E-state index is -2.97. The van der Waals surface area contributed by atoms with E-state index in [-0.39, 0.29) is 16.8 Å². The van der Waals surface area contributed by atoms with Crippen LogP contribution in [0.3, 0.4) is 0 Å². The van der Waals surface area contributed by atoms with Gasteiger partial charge in [0.15, 0.2) is 9.84 Å². The SMILES string of the molecule is CC(C)S(=O)(=O)CCCCCC(=O)Cc1ccc(Oc2ccccc2)cc1. The normalized spacial score (nSPS) is 11.5. The molecule has 0 radical (unpaired) electrons. The molecule has 2 aromatic rings. The predicted molar refractivity (Wildman–Crippen MR) is 109 cm³/mol. The molecule has 4 nitrogen and oxygen atoms in total. The van der Waals surface area contributed by atoms with Crippen LogP contribution in [0.5, 0.6) is 11.5 Å². The van der Waals surface area contributed by atoms with Gasteiger partial charge in [-0.1, -0.05) is 36.8 Å². The van der Waals surface area contributed by atoms with Crippen LogP contribution < -0.4 is 4.74 Å². The summed E-state index contributed by atoms with van der Waals surface area (Å²) in [6.07, 6.45) is 3.02. The number of hydrogen-bond donors (Lipinski definition) is 0. The highest BCUT2D eigenvalue weighted by atomic mass is 32.2. The van der Waals surface area contributed by atoms with Gasteiger partial charge in [-0.2, -0.15) is 0 Å². The number of benzene rings is 2. The van der Waals surface area contributed by atoms with Crippen molar-refractivity contribution in [2.24, 2.45) is 0 Å². The minimum absolute atomic E-state index is 0.179. The number of ketones is 1. The molecule has 0 atom stereocenters. The number of rotatable bonds is 11. The monoisotopic (exact) mass is 388 g/mol. The smallest absolute Gasteiger partial charge is 0.152 e. The molecule has 27 heavy (non-hydrogen) atoms. The number of Topliss-reactive ketones (excluding diaryl/α,β-unsaturated/α-hetero) is 1. The van der Waals surface area contributed by atoms with E-state index in [2.05, 4.69) is 0 Å². The first-order valence-corrected chi connectivity index (χ1v) is 11.1. The van der Waals surface area contributed by atoms with Gasteiger partial charge in [-0.3, -0.25) is 4.79 Å². The zero-order chi connectivity index (χ0) is 19.7. The van der Waals surface area contributed by atoms with E-state index in [9.17, 15) is 13.2 Å². The average molecular weight is 389 g/mol. The van der Waals surface area contributed by atoms with E-state index < -0.39 is 9.84 Å². The maximum atomic E-state index is 12.1. The quantitative estimate of drug-likeness (QED) is 0.510. The van der Waals surface area contributed by atoms with E-state index in [4.69, 9.17) is 4.74 Å². The van der Waals surface area contributed by atoms with Gasteiger partial charge in [0.05, 0.1) is 11.0 Å². The van der Waals surface area contributed by atoms with Crippen molar-refractivity contribution in [3.63, 3.8) is 0 Å². The number of carbonyl (C=O) groups excluding carboxylic acids is 1. The van der Waals surface area contributed by atoms with Gasteiger partial charge in [0.1, 0.15) is 17.3 Å². The molecule has 0 bridgehead atoms. The molecule has 0 N–H and O–H groups in total. The summed E-state index contributed by atoms with van der Waals surface area (Å²) in [7, 11) is -2.97. The van der Waals surface area contributed by atoms with E-state index in [0.29, 0.717) is 19.3 Å². The number of unbranched alkanes of at least 4 members (excludes halogenated alkanes) is 2. The van der Waals surface area contributed by atoms with Gasteiger partial charge in [0.2, 0.25) is 0 Å². The largest absolute Gasteiger partial charge is 0.457 e. The van der Waals surface area contributed by atoms with Crippen LogP contribution >= 0.6 is 0 Å². The second kappa shape index (κ2) is 10.3. The summed E-state index contributed by atoms with van der Waals surface area (Å²) >= 11 is 0. The van der Waals surface area contributed by atoms with Crippen molar-refractivity contribution in [3.05, 3.63) is 60.2 Å². The lowest BCUT2D eigenvalue weighted by atomic mass is 10.0. The van der Waals surface area contributed by atoms with Gasteiger partial charge in [-0.05, 0) is 56.5 Å². The Labute approximate surface area is 162 Å². The van der Waals surface area contributed by atoms with Crippen LogP contribution in [0.25, 0.3) is 0 Å². The molecule has 0 spiro atoms. The first-order valence-electron chi connectivity index (χ1n) is 9.42. The van der Waals surface area contributed by atoms with E-state index in [1.165, 1.54) is 0 Å². The highest BCUT2D eigenvalue weighted by Crippen LogP contribution is 2.21. The Balaban J connectivity index is 1.70. The van der Waals surface area contributed by atoms with E-state index in [1.54, 1.807) is 13.8 Å². The van der Waals surface area contributed by atoms with Crippen LogP contribution in [-0.2, 0) is 21.1 Å². The molecule has 0 aliphatic carbocycles. The Morgan fingerprint density at radius 3 is 2.15 bits per heavy atom. The molecule has 2 aromatic carbocycles. The first kappa shape index (κ1) is 21.2. The third kappa shape index (κ3) is 7.55. The fourth-order valence-electron chi connectivity index (χ4n) is 2.65. The highest BCUT2D eigenvalue weighted by Gasteiger charge is 2.15. The molecule has 5 heteroatoms. The van der Waals surface area contributed by atoms with Gasteiger partial charge < -0.3 is 4.74 Å². The fraction of sp³-hybridized carbons (Fsp3) is 0.409. The van der Waals surface area contributed by atoms with E-state index in [0.717, 1.165) is 29.9 Å². The van der Waals surface area contributed by atoms with Crippen LogP contribution in [0.15, 0.2) is 54.6 Å². The summed E-state index contributed by atoms with van der Waals surface area (Å²) in [4.78, 5) is 12.1. The zero-order valence-electron chi connectivity index (χ0n) is 16.1. The van der Waals surface area contributed by atoms with Crippen molar-refractivity contribution >= 4 is 15.6 Å². The number of hydrogen-bond acceptors (Lipinski definition) is 4. The molecule has 0 saturated heterocycles. The molecule has 0 heterocycles. The Hall–Kier alpha value is -2.14. The van der Waals surface area contributed by atoms with Gasteiger partial charge in [-0.25, -0.2) is 8.42 Å². The molecule has 0 amide bonds. The highest BCUT2D eigenvalue weighted by molar-refractivity contribution is 7.91. The molecule has 0 fully saturated rings. The Kier molecular flexibility index (Phi) is 8.04. The van der Waals surface area contributed by atoms with Crippen molar-refractivity contribution < 1.29 is 17.9 Å². The lowest BCUT2D eigenvalue weighted by Crippen LogP contribution is -2.17. The first-order chi connectivity index (χ1) is 12.9. The van der Waals surface area contributed by atoms with Gasteiger partial charge in [0, 0.05) is 12.8 Å². The Morgan fingerprint density at radius 1 is 0.889 bits per heavy atom. The molecule has 0 aromatic heterocycles. The second-order valence-electron chi connectivity index (χ2n) is 7.00. The lowest BCUT2D eigenvalue weighted by Gasteiger charge is -2.08. The van der Waals surface area contributed by atoms with E-state index >= 15 is 0 Å². The topological polar surface area (TPSA) is 60.4 Å². The summed E-state index contributed by atoms with van der Waals surface area (Å²) in [6, 6.07) is 17.1. The number of para-hydroxylation sites is 1. The minimum Gasteiger partial charge on any atom is -0.457 e. The number of carbonyl (C=O) groups is 1. The van der Waals surface area contributed by atoms with Crippen molar-refractivity contribution in [2.45, 2.75) is 51.2 Å². The molecule has 0 aliphatic rings. The lowest BCUT2D eigenvalue weighted by molar-refractivity contribution is -0.118. The van der Waals surface area contributed by atoms with Crippen molar-refractivity contribution in [2.75, 3.05) is 5.75 Å². The summed E-state index contributed by atoms with van der Waals surface area (Å²) < 4.78 is 29.2. The van der Waals surface area contributed by atoms with Crippen LogP contribution in [0.2, 0.25) is 0 Å². The molecule has 0 unspecified atom stereocenters. The maximum Gasteiger partial charge on any atom is 0.152 e. The summed E-state index contributed by atoms with van der Waals surface area (Å²) in [5.74, 6) is 1.91. The van der Waals surface area contributed by atoms with Gasteiger partial charge >= 0.3 is 0 Å². The average Bonchev–Trinajstić information content (AvgIpc) is 2.64. The molecule has 146 valence electrons. The summed E-state index contributed by atoms with van der Waals surface area (Å²) in [5.41, 5.74) is 0.961. The maximum absolute atomic E-state index is 12.1. The van der Waals surface area contributed by atoms with Crippen LogP contribution in [0.1, 0.15) is 45.1 Å². The fourth-order valence-corrected chi connectivity index (χ4v) is 3.73. The van der Waals surface area contributed by atoms with Crippen LogP contribution in [0.4, 0.5) is 0 Å². The van der Waals surface area contributed by atoms with Crippen LogP contribution in [0, 0.1) is 0 Å². The van der Waals surface area contributed by atoms with Crippen molar-refractivity contribution in [3.8, 4) is 11.5 Å². The van der Waals surface area contributed by atoms with Crippen molar-refractivity contribution in [1.82, 2.24) is 0 Å². The zero-order valence-corrected chi connectivity index (χ0v) is 16.9. The Morgan fingerprint density at radius 2 is 1.52 bits per heavy atom. The molecule has 0 saturated carbocycles. The van der Waals surface area contributed by atoms with Crippen molar-refractivity contribution in [1.29, 1.82) is 0 Å². The molecule has 2 rings (SSSR count). The third-order valence-electron chi connectivity index (χ3n) is 4.41. The van der Waals surface area contributed by atoms with Gasteiger partial charge in [0.25, 0.3) is 0 Å². The third-order valence-corrected chi connectivity index (χ3v) is 6.70. The second-order valence-corrected chi connectivity index (χ2v) is 9.68. The van der Waals surface area contributed by atoms with Gasteiger partial charge in [-0.15, -0.1) is 0 Å². The number of sulfone groups is 1. The van der Waals surface area contributed by atoms with E-state index in [1.807, 2.05) is 54.6 Å². The summed E-state index contributed by atoms with van der Waals surface area (Å²) in [5, 5.41) is -0.326. The standard InChI is InChI=1S/C22H28O4S/c1-18(2)27(24,25)16-8-4-5-9-20(23)17-19-12-14-22(15-13-19)26-21-10-6-3-7-11-21/h3,6-7,10-15,18H,4-5,8-9,16-17H2,1-2H3.